The Morgan fingerprint density at radius 1 is 1.04 bits per heavy atom. The van der Waals surface area contributed by atoms with E-state index in [9.17, 15) is 14.7 Å². The van der Waals surface area contributed by atoms with E-state index in [1.165, 1.54) is 23.3 Å². The minimum absolute atomic E-state index is 0.0843. The number of aryl methyl sites for hydroxylation is 2. The minimum Gasteiger partial charge on any atom is -0.505 e. The summed E-state index contributed by atoms with van der Waals surface area (Å²) in [6.45, 7) is 10.9. The summed E-state index contributed by atoms with van der Waals surface area (Å²) in [4.78, 5) is 38.6. The number of ether oxygens (including phenoxy) is 3. The number of benzene rings is 2. The maximum Gasteiger partial charge on any atom is 0.301 e. The van der Waals surface area contributed by atoms with Crippen molar-refractivity contribution in [1.29, 1.82) is 0 Å². The van der Waals surface area contributed by atoms with Crippen LogP contribution in [0.2, 0.25) is 0 Å². The average Bonchev–Trinajstić information content (AvgIpc) is 3.69. The molecule has 4 heterocycles. The monoisotopic (exact) mass is 640 g/mol. The largest absolute Gasteiger partial charge is 0.505 e. The van der Waals surface area contributed by atoms with Gasteiger partial charge in [0, 0.05) is 6.20 Å². The molecule has 6 rings (SSSR count). The van der Waals surface area contributed by atoms with Crippen LogP contribution < -0.4 is 19.1 Å². The number of imidazole rings is 1. The SMILES string of the molecule is CCOc1ccc2nc(N3C(=O)C(=O)C(=C(O)c4nc5c(C)cccn5c4C)C3c3ccc(OCCC(C)C)c(OC)c3)sc2c1. The first-order valence-corrected chi connectivity index (χ1v) is 16.0. The van der Waals surface area contributed by atoms with Gasteiger partial charge >= 0.3 is 5.91 Å². The van der Waals surface area contributed by atoms with E-state index in [4.69, 9.17) is 24.2 Å². The zero-order chi connectivity index (χ0) is 32.7. The number of pyridine rings is 1. The number of hydrogen-bond acceptors (Lipinski definition) is 9. The quantitative estimate of drug-likeness (QED) is 0.0984. The van der Waals surface area contributed by atoms with Crippen molar-refractivity contribution in [2.45, 2.75) is 47.1 Å². The summed E-state index contributed by atoms with van der Waals surface area (Å²) in [5, 5.41) is 12.2. The second-order valence-electron chi connectivity index (χ2n) is 11.6. The maximum atomic E-state index is 13.9. The molecular formula is C35H36N4O6S. The first-order chi connectivity index (χ1) is 22.1. The van der Waals surface area contributed by atoms with Gasteiger partial charge in [-0.3, -0.25) is 14.5 Å². The molecule has 1 saturated heterocycles. The topological polar surface area (TPSA) is 115 Å². The molecule has 0 spiro atoms. The fraction of sp³-hybridized carbons (Fsp3) is 0.314. The number of aliphatic hydroxyl groups is 1. The number of amides is 1. The molecule has 1 aliphatic heterocycles. The summed E-state index contributed by atoms with van der Waals surface area (Å²) in [7, 11) is 1.54. The summed E-state index contributed by atoms with van der Waals surface area (Å²) in [6, 6.07) is 13.6. The van der Waals surface area contributed by atoms with Gasteiger partial charge in [-0.1, -0.05) is 37.3 Å². The normalized spacial score (nSPS) is 16.2. The van der Waals surface area contributed by atoms with Crippen LogP contribution in [-0.4, -0.2) is 51.5 Å². The lowest BCUT2D eigenvalue weighted by atomic mass is 9.96. The summed E-state index contributed by atoms with van der Waals surface area (Å²) >= 11 is 1.27. The van der Waals surface area contributed by atoms with Crippen molar-refractivity contribution in [2.24, 2.45) is 5.92 Å². The number of aromatic nitrogens is 3. The molecule has 2 aromatic carbocycles. The molecule has 1 fully saturated rings. The number of carbonyl (C=O) groups excluding carboxylic acids is 2. The minimum atomic E-state index is -1.02. The van der Waals surface area contributed by atoms with E-state index >= 15 is 0 Å². The highest BCUT2D eigenvalue weighted by Crippen LogP contribution is 2.46. The molecule has 46 heavy (non-hydrogen) atoms. The highest BCUT2D eigenvalue weighted by molar-refractivity contribution is 7.22. The molecular weight excluding hydrogens is 604 g/mol. The Kier molecular flexibility index (Phi) is 8.43. The predicted octanol–water partition coefficient (Wildman–Crippen LogP) is 7.02. The Morgan fingerprint density at radius 3 is 2.57 bits per heavy atom. The average molecular weight is 641 g/mol. The Labute approximate surface area is 270 Å². The first-order valence-electron chi connectivity index (χ1n) is 15.2. The first kappa shape index (κ1) is 31.1. The number of fused-ring (bicyclic) bond motifs is 2. The van der Waals surface area contributed by atoms with E-state index in [2.05, 4.69) is 13.8 Å². The molecule has 3 aromatic heterocycles. The molecule has 0 saturated carbocycles. The molecule has 5 aromatic rings. The molecule has 10 nitrogen and oxygen atoms in total. The van der Waals surface area contributed by atoms with Crippen molar-refractivity contribution < 1.29 is 28.9 Å². The van der Waals surface area contributed by atoms with Gasteiger partial charge in [-0.05, 0) is 80.6 Å². The van der Waals surface area contributed by atoms with Gasteiger partial charge in [0.2, 0.25) is 0 Å². The van der Waals surface area contributed by atoms with Gasteiger partial charge in [-0.25, -0.2) is 9.97 Å². The Hall–Kier alpha value is -4.90. The molecule has 1 amide bonds. The molecule has 0 bridgehead atoms. The number of rotatable bonds is 10. The maximum absolute atomic E-state index is 13.9. The van der Waals surface area contributed by atoms with Crippen molar-refractivity contribution >= 4 is 49.8 Å². The lowest BCUT2D eigenvalue weighted by molar-refractivity contribution is -0.132. The van der Waals surface area contributed by atoms with Crippen LogP contribution in [0, 0.1) is 19.8 Å². The summed E-state index contributed by atoms with van der Waals surface area (Å²) in [6.07, 6.45) is 2.71. The van der Waals surface area contributed by atoms with E-state index in [1.807, 2.05) is 61.7 Å². The van der Waals surface area contributed by atoms with Gasteiger partial charge < -0.3 is 23.7 Å². The smallest absolute Gasteiger partial charge is 0.301 e. The number of hydrogen-bond donors (Lipinski definition) is 1. The van der Waals surface area contributed by atoms with E-state index < -0.39 is 17.7 Å². The van der Waals surface area contributed by atoms with Crippen LogP contribution in [0.25, 0.3) is 21.6 Å². The van der Waals surface area contributed by atoms with Gasteiger partial charge in [-0.2, -0.15) is 0 Å². The Morgan fingerprint density at radius 2 is 1.85 bits per heavy atom. The van der Waals surface area contributed by atoms with Crippen molar-refractivity contribution in [1.82, 2.24) is 14.4 Å². The molecule has 0 radical (unpaired) electrons. The summed E-state index contributed by atoms with van der Waals surface area (Å²) in [5.41, 5.74) is 3.52. The van der Waals surface area contributed by atoms with Crippen molar-refractivity contribution in [3.8, 4) is 17.2 Å². The van der Waals surface area contributed by atoms with Gasteiger partial charge in [0.25, 0.3) is 5.78 Å². The lowest BCUT2D eigenvalue weighted by Gasteiger charge is -2.24. The number of ketones is 1. The van der Waals surface area contributed by atoms with Crippen LogP contribution in [0.5, 0.6) is 17.2 Å². The van der Waals surface area contributed by atoms with Crippen LogP contribution in [0.3, 0.4) is 0 Å². The van der Waals surface area contributed by atoms with Crippen LogP contribution >= 0.6 is 11.3 Å². The third-order valence-electron chi connectivity index (χ3n) is 8.07. The van der Waals surface area contributed by atoms with Crippen LogP contribution in [-0.2, 0) is 9.59 Å². The molecule has 11 heteroatoms. The lowest BCUT2D eigenvalue weighted by Crippen LogP contribution is -2.29. The van der Waals surface area contributed by atoms with E-state index in [0.717, 1.165) is 16.7 Å². The third-order valence-corrected chi connectivity index (χ3v) is 9.09. The zero-order valence-corrected chi connectivity index (χ0v) is 27.5. The summed E-state index contributed by atoms with van der Waals surface area (Å²) < 4.78 is 20.0. The standard InChI is InChI=1S/C35H36N4O6S/c1-7-44-23-11-12-24-27(18-23)46-35(36-24)39-30(22-10-13-25(26(17-22)43-6)45-16-14-19(2)3)28(32(41)34(39)42)31(40)29-21(5)38-15-8-9-20(4)33(38)37-29/h8-13,15,17-19,30,40H,7,14,16H2,1-6H3. The third kappa shape index (κ3) is 5.44. The number of anilines is 1. The fourth-order valence-corrected chi connectivity index (χ4v) is 6.67. The second kappa shape index (κ2) is 12.5. The number of Topliss-reactive ketones (excluding diaryl/α,β-unsaturated/α-hetero) is 1. The van der Waals surface area contributed by atoms with Crippen LogP contribution in [0.4, 0.5) is 5.13 Å². The Bertz CT molecular complexity index is 2010. The molecule has 238 valence electrons. The molecule has 1 aliphatic rings. The Balaban J connectivity index is 1.53. The van der Waals surface area contributed by atoms with Crippen LogP contribution in [0.15, 0.2) is 60.3 Å². The van der Waals surface area contributed by atoms with E-state index in [-0.39, 0.29) is 17.0 Å². The highest BCUT2D eigenvalue weighted by Gasteiger charge is 2.49. The molecule has 1 N–H and O–H groups in total. The molecule has 1 atom stereocenters. The van der Waals surface area contributed by atoms with Gasteiger partial charge in [0.1, 0.15) is 17.1 Å². The fourth-order valence-electron chi connectivity index (χ4n) is 5.65. The molecule has 0 aliphatic carbocycles. The number of carbonyl (C=O) groups is 2. The second-order valence-corrected chi connectivity index (χ2v) is 12.6. The zero-order valence-electron chi connectivity index (χ0n) is 26.7. The van der Waals surface area contributed by atoms with Gasteiger partial charge in [0.05, 0.1) is 47.8 Å². The van der Waals surface area contributed by atoms with Crippen LogP contribution in [0.1, 0.15) is 55.7 Å². The van der Waals surface area contributed by atoms with Crippen molar-refractivity contribution in [3.05, 3.63) is 82.8 Å². The van der Waals surface area contributed by atoms with Gasteiger partial charge in [0.15, 0.2) is 22.4 Å². The predicted molar refractivity (Wildman–Crippen MR) is 178 cm³/mol. The highest BCUT2D eigenvalue weighted by atomic mass is 32.1. The van der Waals surface area contributed by atoms with Crippen molar-refractivity contribution in [3.63, 3.8) is 0 Å². The van der Waals surface area contributed by atoms with E-state index in [0.29, 0.717) is 63.9 Å². The number of methoxy groups -OCH3 is 1. The number of thiazole rings is 1. The van der Waals surface area contributed by atoms with Crippen molar-refractivity contribution in [2.75, 3.05) is 25.2 Å². The number of nitrogens with zero attached hydrogens (tertiary/aromatic N) is 4. The molecule has 1 unspecified atom stereocenters. The summed E-state index contributed by atoms with van der Waals surface area (Å²) in [5.74, 6) is 0.138. The van der Waals surface area contributed by atoms with Gasteiger partial charge in [-0.15, -0.1) is 0 Å². The number of aliphatic hydroxyl groups excluding tert-OH is 1. The van der Waals surface area contributed by atoms with E-state index in [1.54, 1.807) is 18.2 Å².